The Morgan fingerprint density at radius 2 is 2.13 bits per heavy atom. The van der Waals surface area contributed by atoms with Crippen molar-refractivity contribution < 1.29 is 17.9 Å². The summed E-state index contributed by atoms with van der Waals surface area (Å²) in [6.07, 6.45) is -2.53. The molecule has 80 valence electrons. The highest BCUT2D eigenvalue weighted by atomic mass is 19.3. The highest BCUT2D eigenvalue weighted by Gasteiger charge is 2.05. The minimum Gasteiger partial charge on any atom is -0.371 e. The Morgan fingerprint density at radius 1 is 1.40 bits per heavy atom. The Balaban J connectivity index is 2.60. The summed E-state index contributed by atoms with van der Waals surface area (Å²) in [6, 6.07) is 5.44. The van der Waals surface area contributed by atoms with E-state index in [1.807, 2.05) is 0 Å². The smallest absolute Gasteiger partial charge is 0.261 e. The average Bonchev–Trinajstić information content (AvgIpc) is 2.20. The van der Waals surface area contributed by atoms with Gasteiger partial charge in [-0.15, -0.1) is 0 Å². The third-order valence-corrected chi connectivity index (χ3v) is 1.66. The van der Waals surface area contributed by atoms with E-state index in [0.717, 1.165) is 6.07 Å². The van der Waals surface area contributed by atoms with Crippen LogP contribution in [0.5, 0.6) is 0 Å². The van der Waals surface area contributed by atoms with Gasteiger partial charge in [0.05, 0.1) is 12.2 Å². The maximum atomic E-state index is 12.8. The van der Waals surface area contributed by atoms with E-state index in [0.29, 0.717) is 5.56 Å². The molecule has 0 unspecified atom stereocenters. The first kappa shape index (κ1) is 11.5. The maximum Gasteiger partial charge on any atom is 0.261 e. The van der Waals surface area contributed by atoms with Gasteiger partial charge in [-0.25, -0.2) is 13.2 Å². The van der Waals surface area contributed by atoms with Crippen molar-refractivity contribution in [1.82, 2.24) is 0 Å². The van der Waals surface area contributed by atoms with Crippen LogP contribution in [0.25, 0.3) is 0 Å². The Labute approximate surface area is 84.9 Å². The summed E-state index contributed by atoms with van der Waals surface area (Å²) < 4.78 is 40.9. The standard InChI is InChI=1S/C10H8F3NO/c11-9-2-1-7(3-8(9)4-14)5-15-6-10(12)13/h1-3,10H,5-6H2. The molecule has 0 aliphatic carbocycles. The number of hydrogen-bond donors (Lipinski definition) is 0. The molecule has 0 saturated carbocycles. The second kappa shape index (κ2) is 5.37. The monoisotopic (exact) mass is 215 g/mol. The topological polar surface area (TPSA) is 33.0 Å². The second-order valence-corrected chi connectivity index (χ2v) is 2.83. The average molecular weight is 215 g/mol. The van der Waals surface area contributed by atoms with Crippen molar-refractivity contribution in [2.24, 2.45) is 0 Å². The van der Waals surface area contributed by atoms with Crippen LogP contribution in [0.1, 0.15) is 11.1 Å². The summed E-state index contributed by atoms with van der Waals surface area (Å²) in [4.78, 5) is 0. The number of nitrogens with zero attached hydrogens (tertiary/aromatic N) is 1. The van der Waals surface area contributed by atoms with Crippen LogP contribution in [0, 0.1) is 17.1 Å². The third kappa shape index (κ3) is 3.60. The van der Waals surface area contributed by atoms with Gasteiger partial charge < -0.3 is 4.74 Å². The van der Waals surface area contributed by atoms with Crippen molar-refractivity contribution in [2.45, 2.75) is 13.0 Å². The highest BCUT2D eigenvalue weighted by Crippen LogP contribution is 2.10. The van der Waals surface area contributed by atoms with Crippen molar-refractivity contribution in [2.75, 3.05) is 6.61 Å². The molecular formula is C10H8F3NO. The molecule has 2 nitrogen and oxygen atoms in total. The fourth-order valence-electron chi connectivity index (χ4n) is 1.01. The lowest BCUT2D eigenvalue weighted by atomic mass is 10.1. The van der Waals surface area contributed by atoms with Gasteiger partial charge in [0.2, 0.25) is 0 Å². The molecule has 0 N–H and O–H groups in total. The van der Waals surface area contributed by atoms with Crippen molar-refractivity contribution >= 4 is 0 Å². The molecule has 0 aromatic heterocycles. The number of ether oxygens (including phenoxy) is 1. The van der Waals surface area contributed by atoms with E-state index < -0.39 is 18.8 Å². The summed E-state index contributed by atoms with van der Waals surface area (Å²) in [6.45, 7) is -0.724. The van der Waals surface area contributed by atoms with Gasteiger partial charge in [-0.3, -0.25) is 0 Å². The van der Waals surface area contributed by atoms with Crippen molar-refractivity contribution in [3.63, 3.8) is 0 Å². The van der Waals surface area contributed by atoms with Gasteiger partial charge in [-0.2, -0.15) is 5.26 Å². The van der Waals surface area contributed by atoms with Crippen LogP contribution in [0.3, 0.4) is 0 Å². The van der Waals surface area contributed by atoms with Gasteiger partial charge in [0.25, 0.3) is 6.43 Å². The molecule has 0 aliphatic rings. The largest absolute Gasteiger partial charge is 0.371 e. The number of hydrogen-bond acceptors (Lipinski definition) is 2. The van der Waals surface area contributed by atoms with E-state index in [2.05, 4.69) is 4.74 Å². The molecule has 0 spiro atoms. The molecule has 0 bridgehead atoms. The quantitative estimate of drug-likeness (QED) is 0.772. The van der Waals surface area contributed by atoms with Crippen LogP contribution >= 0.6 is 0 Å². The van der Waals surface area contributed by atoms with Crippen LogP contribution in [0.15, 0.2) is 18.2 Å². The second-order valence-electron chi connectivity index (χ2n) is 2.83. The molecule has 5 heteroatoms. The molecule has 0 aliphatic heterocycles. The Bertz CT molecular complexity index is 373. The first-order valence-electron chi connectivity index (χ1n) is 4.18. The molecular weight excluding hydrogens is 207 g/mol. The molecule has 1 rings (SSSR count). The lowest BCUT2D eigenvalue weighted by molar-refractivity contribution is 0.00986. The molecule has 1 aromatic carbocycles. The van der Waals surface area contributed by atoms with Crippen LogP contribution in [-0.2, 0) is 11.3 Å². The molecule has 15 heavy (non-hydrogen) atoms. The van der Waals surface area contributed by atoms with Crippen molar-refractivity contribution in [1.29, 1.82) is 5.26 Å². The lowest BCUT2D eigenvalue weighted by Gasteiger charge is -2.04. The van der Waals surface area contributed by atoms with Crippen LogP contribution in [-0.4, -0.2) is 13.0 Å². The SMILES string of the molecule is N#Cc1cc(COCC(F)F)ccc1F. The van der Waals surface area contributed by atoms with E-state index in [1.165, 1.54) is 12.1 Å². The Kier molecular flexibility index (Phi) is 4.13. The minimum atomic E-state index is -2.53. The van der Waals surface area contributed by atoms with Gasteiger partial charge in [-0.05, 0) is 17.7 Å². The molecule has 0 saturated heterocycles. The first-order chi connectivity index (χ1) is 7.13. The van der Waals surface area contributed by atoms with E-state index in [4.69, 9.17) is 5.26 Å². The Morgan fingerprint density at radius 3 is 2.73 bits per heavy atom. The zero-order valence-corrected chi connectivity index (χ0v) is 7.71. The molecule has 0 fully saturated rings. The van der Waals surface area contributed by atoms with Crippen molar-refractivity contribution in [3.8, 4) is 6.07 Å². The number of nitriles is 1. The number of benzene rings is 1. The number of rotatable bonds is 4. The van der Waals surface area contributed by atoms with E-state index in [-0.39, 0.29) is 12.2 Å². The van der Waals surface area contributed by atoms with Gasteiger partial charge >= 0.3 is 0 Å². The highest BCUT2D eigenvalue weighted by molar-refractivity contribution is 5.34. The Hall–Kier alpha value is -1.54. The number of alkyl halides is 2. The van der Waals surface area contributed by atoms with Gasteiger partial charge in [0.1, 0.15) is 18.5 Å². The first-order valence-corrected chi connectivity index (χ1v) is 4.18. The molecule has 0 radical (unpaired) electrons. The zero-order valence-electron chi connectivity index (χ0n) is 7.71. The summed E-state index contributed by atoms with van der Waals surface area (Å²) >= 11 is 0. The third-order valence-electron chi connectivity index (χ3n) is 1.66. The normalized spacial score (nSPS) is 10.3. The maximum absolute atomic E-state index is 12.8. The van der Waals surface area contributed by atoms with Gasteiger partial charge in [0, 0.05) is 0 Å². The fourth-order valence-corrected chi connectivity index (χ4v) is 1.01. The van der Waals surface area contributed by atoms with Gasteiger partial charge in [-0.1, -0.05) is 6.07 Å². The molecule has 0 amide bonds. The summed E-state index contributed by atoms with van der Waals surface area (Å²) in [5.74, 6) is -0.630. The summed E-state index contributed by atoms with van der Waals surface area (Å²) in [7, 11) is 0. The fraction of sp³-hybridized carbons (Fsp3) is 0.300. The lowest BCUT2D eigenvalue weighted by Crippen LogP contribution is -2.04. The van der Waals surface area contributed by atoms with Crippen LogP contribution in [0.4, 0.5) is 13.2 Å². The van der Waals surface area contributed by atoms with Crippen molar-refractivity contribution in [3.05, 3.63) is 35.1 Å². The summed E-state index contributed by atoms with van der Waals surface area (Å²) in [5.41, 5.74) is 0.377. The predicted molar refractivity (Wildman–Crippen MR) is 46.8 cm³/mol. The molecule has 0 heterocycles. The number of halogens is 3. The van der Waals surface area contributed by atoms with E-state index >= 15 is 0 Å². The predicted octanol–water partition coefficient (Wildman–Crippen LogP) is 2.48. The van der Waals surface area contributed by atoms with E-state index in [1.54, 1.807) is 6.07 Å². The minimum absolute atomic E-state index is 0.0562. The molecule has 0 atom stereocenters. The van der Waals surface area contributed by atoms with Crippen LogP contribution in [0.2, 0.25) is 0 Å². The molecule has 1 aromatic rings. The summed E-state index contributed by atoms with van der Waals surface area (Å²) in [5, 5.41) is 8.51. The van der Waals surface area contributed by atoms with Crippen LogP contribution < -0.4 is 0 Å². The van der Waals surface area contributed by atoms with Gasteiger partial charge in [0.15, 0.2) is 0 Å². The van der Waals surface area contributed by atoms with E-state index in [9.17, 15) is 13.2 Å². The zero-order chi connectivity index (χ0) is 11.3.